The van der Waals surface area contributed by atoms with Gasteiger partial charge in [-0.2, -0.15) is 0 Å². The lowest BCUT2D eigenvalue weighted by molar-refractivity contribution is 0.191. The number of benzene rings is 2. The molecule has 1 unspecified atom stereocenters. The smallest absolute Gasteiger partial charge is 0.119 e. The zero-order valence-electron chi connectivity index (χ0n) is 11.6. The molecule has 0 spiro atoms. The Labute approximate surface area is 127 Å². The second-order valence-corrected chi connectivity index (χ2v) is 5.55. The molecule has 0 amide bonds. The van der Waals surface area contributed by atoms with Crippen molar-refractivity contribution in [3.63, 3.8) is 0 Å². The van der Waals surface area contributed by atoms with E-state index in [9.17, 15) is 5.11 Å². The van der Waals surface area contributed by atoms with Crippen molar-refractivity contribution in [3.8, 4) is 5.75 Å². The van der Waals surface area contributed by atoms with Crippen molar-refractivity contribution in [1.29, 1.82) is 0 Å². The van der Waals surface area contributed by atoms with Gasteiger partial charge in [-0.05, 0) is 48.4 Å². The van der Waals surface area contributed by atoms with Gasteiger partial charge in [0.15, 0.2) is 0 Å². The van der Waals surface area contributed by atoms with Gasteiger partial charge < -0.3 is 15.2 Å². The fourth-order valence-corrected chi connectivity index (χ4v) is 2.42. The molecular weight excluding hydrogens is 318 g/mol. The van der Waals surface area contributed by atoms with Crippen molar-refractivity contribution in [2.24, 2.45) is 0 Å². The molecule has 0 saturated carbocycles. The largest absolute Gasteiger partial charge is 0.497 e. The first kappa shape index (κ1) is 14.9. The van der Waals surface area contributed by atoms with Gasteiger partial charge in [-0.3, -0.25) is 0 Å². The van der Waals surface area contributed by atoms with Crippen LogP contribution in [0.2, 0.25) is 0 Å². The molecule has 0 heterocycles. The van der Waals surface area contributed by atoms with Crippen molar-refractivity contribution >= 4 is 21.6 Å². The van der Waals surface area contributed by atoms with Gasteiger partial charge in [-0.25, -0.2) is 0 Å². The van der Waals surface area contributed by atoms with Crippen molar-refractivity contribution in [2.75, 3.05) is 19.0 Å². The molecule has 0 aliphatic carbocycles. The summed E-state index contributed by atoms with van der Waals surface area (Å²) in [6.07, 6.45) is -0.547. The highest BCUT2D eigenvalue weighted by atomic mass is 79.9. The molecule has 0 aromatic heterocycles. The van der Waals surface area contributed by atoms with E-state index in [0.717, 1.165) is 27.0 Å². The van der Waals surface area contributed by atoms with Crippen molar-refractivity contribution < 1.29 is 9.84 Å². The molecule has 3 nitrogen and oxygen atoms in total. The minimum absolute atomic E-state index is 0.462. The molecule has 0 aliphatic rings. The van der Waals surface area contributed by atoms with Crippen LogP contribution in [0, 0.1) is 6.92 Å². The standard InChI is InChI=1S/C16H18BrNO2/c1-11-8-14(20-2)6-7-15(11)18-10-16(19)12-4-3-5-13(17)9-12/h3-9,16,18-19H,10H2,1-2H3. The highest BCUT2D eigenvalue weighted by Crippen LogP contribution is 2.23. The summed E-state index contributed by atoms with van der Waals surface area (Å²) in [7, 11) is 1.65. The number of anilines is 1. The van der Waals surface area contributed by atoms with Crippen molar-refractivity contribution in [2.45, 2.75) is 13.0 Å². The molecular formula is C16H18BrNO2. The van der Waals surface area contributed by atoms with Crippen molar-refractivity contribution in [1.82, 2.24) is 0 Å². The van der Waals surface area contributed by atoms with E-state index in [1.807, 2.05) is 49.4 Å². The van der Waals surface area contributed by atoms with E-state index in [-0.39, 0.29) is 0 Å². The Morgan fingerprint density at radius 2 is 2.05 bits per heavy atom. The minimum atomic E-state index is -0.547. The van der Waals surface area contributed by atoms with Crippen LogP contribution in [-0.2, 0) is 0 Å². The van der Waals surface area contributed by atoms with E-state index < -0.39 is 6.10 Å². The number of hydrogen-bond donors (Lipinski definition) is 2. The fraction of sp³-hybridized carbons (Fsp3) is 0.250. The summed E-state index contributed by atoms with van der Waals surface area (Å²) in [5.74, 6) is 0.834. The first-order valence-electron chi connectivity index (χ1n) is 6.42. The van der Waals surface area contributed by atoms with Gasteiger partial charge in [-0.1, -0.05) is 28.1 Å². The molecule has 2 rings (SSSR count). The number of hydrogen-bond acceptors (Lipinski definition) is 3. The summed E-state index contributed by atoms with van der Waals surface area (Å²) in [4.78, 5) is 0. The lowest BCUT2D eigenvalue weighted by Crippen LogP contribution is -2.12. The molecule has 0 aliphatic heterocycles. The first-order valence-corrected chi connectivity index (χ1v) is 7.21. The summed E-state index contributed by atoms with van der Waals surface area (Å²) in [5.41, 5.74) is 2.98. The van der Waals surface area contributed by atoms with Crippen LogP contribution >= 0.6 is 15.9 Å². The second kappa shape index (κ2) is 6.77. The van der Waals surface area contributed by atoms with Gasteiger partial charge in [0.2, 0.25) is 0 Å². The number of halogens is 1. The third kappa shape index (κ3) is 3.74. The topological polar surface area (TPSA) is 41.5 Å². The van der Waals surface area contributed by atoms with Gasteiger partial charge in [-0.15, -0.1) is 0 Å². The highest BCUT2D eigenvalue weighted by Gasteiger charge is 2.08. The quantitative estimate of drug-likeness (QED) is 0.870. The van der Waals surface area contributed by atoms with E-state index in [4.69, 9.17) is 4.74 Å². The molecule has 0 bridgehead atoms. The van der Waals surface area contributed by atoms with E-state index in [1.165, 1.54) is 0 Å². The predicted molar refractivity (Wildman–Crippen MR) is 85.3 cm³/mol. The first-order chi connectivity index (χ1) is 9.60. The Morgan fingerprint density at radius 3 is 2.70 bits per heavy atom. The molecule has 0 radical (unpaired) electrons. The summed E-state index contributed by atoms with van der Waals surface area (Å²) in [5, 5.41) is 13.5. The number of aliphatic hydroxyl groups is 1. The fourth-order valence-electron chi connectivity index (χ4n) is 2.00. The summed E-state index contributed by atoms with van der Waals surface area (Å²) in [6.45, 7) is 2.47. The minimum Gasteiger partial charge on any atom is -0.497 e. The van der Waals surface area contributed by atoms with Gasteiger partial charge in [0, 0.05) is 16.7 Å². The van der Waals surface area contributed by atoms with E-state index in [1.54, 1.807) is 7.11 Å². The van der Waals surface area contributed by atoms with E-state index >= 15 is 0 Å². The van der Waals surface area contributed by atoms with Crippen LogP contribution < -0.4 is 10.1 Å². The highest BCUT2D eigenvalue weighted by molar-refractivity contribution is 9.10. The Morgan fingerprint density at radius 1 is 1.25 bits per heavy atom. The third-order valence-corrected chi connectivity index (χ3v) is 3.65. The van der Waals surface area contributed by atoms with Gasteiger partial charge >= 0.3 is 0 Å². The van der Waals surface area contributed by atoms with Crippen LogP contribution in [0.1, 0.15) is 17.2 Å². The molecule has 2 N–H and O–H groups in total. The summed E-state index contributed by atoms with van der Waals surface area (Å²) >= 11 is 3.41. The number of aryl methyl sites for hydroxylation is 1. The maximum Gasteiger partial charge on any atom is 0.119 e. The average molecular weight is 336 g/mol. The number of aliphatic hydroxyl groups excluding tert-OH is 1. The Kier molecular flexibility index (Phi) is 5.04. The van der Waals surface area contributed by atoms with Gasteiger partial charge in [0.05, 0.1) is 13.2 Å². The number of rotatable bonds is 5. The normalized spacial score (nSPS) is 12.0. The van der Waals surface area contributed by atoms with Gasteiger partial charge in [0.1, 0.15) is 5.75 Å². The summed E-state index contributed by atoms with van der Waals surface area (Å²) in [6, 6.07) is 13.5. The molecule has 1 atom stereocenters. The molecule has 2 aromatic rings. The number of methoxy groups -OCH3 is 1. The van der Waals surface area contributed by atoms with Crippen LogP contribution in [0.3, 0.4) is 0 Å². The summed E-state index contributed by atoms with van der Waals surface area (Å²) < 4.78 is 6.14. The average Bonchev–Trinajstić information content (AvgIpc) is 2.45. The predicted octanol–water partition coefficient (Wildman–Crippen LogP) is 3.91. The van der Waals surface area contributed by atoms with Gasteiger partial charge in [0.25, 0.3) is 0 Å². The van der Waals surface area contributed by atoms with Crippen LogP contribution in [-0.4, -0.2) is 18.8 Å². The lowest BCUT2D eigenvalue weighted by Gasteiger charge is -2.15. The maximum atomic E-state index is 10.2. The molecule has 0 saturated heterocycles. The number of ether oxygens (including phenoxy) is 1. The Hall–Kier alpha value is -1.52. The monoisotopic (exact) mass is 335 g/mol. The molecule has 4 heteroatoms. The second-order valence-electron chi connectivity index (χ2n) is 4.63. The third-order valence-electron chi connectivity index (χ3n) is 3.15. The Balaban J connectivity index is 2.01. The SMILES string of the molecule is COc1ccc(NCC(O)c2cccc(Br)c2)c(C)c1. The van der Waals surface area contributed by atoms with Crippen LogP contribution in [0.5, 0.6) is 5.75 Å². The molecule has 0 fully saturated rings. The Bertz CT molecular complexity index is 586. The van der Waals surface area contributed by atoms with Crippen LogP contribution in [0.15, 0.2) is 46.9 Å². The molecule has 20 heavy (non-hydrogen) atoms. The van der Waals surface area contributed by atoms with E-state index in [2.05, 4.69) is 21.2 Å². The van der Waals surface area contributed by atoms with E-state index in [0.29, 0.717) is 6.54 Å². The molecule has 2 aromatic carbocycles. The number of nitrogens with one attached hydrogen (secondary N) is 1. The van der Waals surface area contributed by atoms with Crippen LogP contribution in [0.4, 0.5) is 5.69 Å². The van der Waals surface area contributed by atoms with Crippen molar-refractivity contribution in [3.05, 3.63) is 58.1 Å². The zero-order valence-corrected chi connectivity index (χ0v) is 13.1. The van der Waals surface area contributed by atoms with Crippen LogP contribution in [0.25, 0.3) is 0 Å². The molecule has 106 valence electrons. The zero-order chi connectivity index (χ0) is 14.5. The maximum absolute atomic E-state index is 10.2. The lowest BCUT2D eigenvalue weighted by atomic mass is 10.1.